The molecule has 27 heavy (non-hydrogen) atoms. The molecule has 4 nitrogen and oxygen atoms in total. The van der Waals surface area contributed by atoms with Crippen molar-refractivity contribution in [1.29, 1.82) is 0 Å². The Balaban J connectivity index is 1.72. The zero-order valence-corrected chi connectivity index (χ0v) is 17.7. The number of halogens is 3. The van der Waals surface area contributed by atoms with E-state index in [0.717, 1.165) is 21.1 Å². The topological polar surface area (TPSA) is 43.9 Å². The molecule has 136 valence electrons. The maximum atomic E-state index is 6.23. The van der Waals surface area contributed by atoms with Gasteiger partial charge in [0.1, 0.15) is 0 Å². The average Bonchev–Trinajstić information content (AvgIpc) is 3.33. The predicted octanol–water partition coefficient (Wildman–Crippen LogP) is 6.89. The van der Waals surface area contributed by atoms with E-state index in [1.54, 1.807) is 30.2 Å². The van der Waals surface area contributed by atoms with E-state index < -0.39 is 0 Å². The third-order valence-corrected chi connectivity index (χ3v) is 6.09. The number of thioether (sulfide) groups is 1. The maximum Gasteiger partial charge on any atom is 0.205 e. The predicted molar refractivity (Wildman–Crippen MR) is 113 cm³/mol. The van der Waals surface area contributed by atoms with Crippen molar-refractivity contribution in [3.8, 4) is 17.3 Å². The first-order valence-electron chi connectivity index (χ1n) is 7.94. The normalized spacial score (nSPS) is 11.1. The minimum absolute atomic E-state index is 0.470. The van der Waals surface area contributed by atoms with E-state index in [2.05, 4.69) is 38.3 Å². The van der Waals surface area contributed by atoms with Crippen molar-refractivity contribution in [2.45, 2.75) is 10.9 Å². The fraction of sp³-hybridized carbons (Fsp3) is 0.0526. The van der Waals surface area contributed by atoms with Crippen LogP contribution in [0.3, 0.4) is 0 Å². The Hall–Kier alpha value is -1.73. The van der Waals surface area contributed by atoms with Crippen LogP contribution in [0.15, 0.2) is 74.9 Å². The highest BCUT2D eigenvalue weighted by molar-refractivity contribution is 9.10. The van der Waals surface area contributed by atoms with Crippen LogP contribution in [0.5, 0.6) is 0 Å². The zero-order valence-electron chi connectivity index (χ0n) is 13.8. The largest absolute Gasteiger partial charge is 0.461 e. The molecule has 0 saturated carbocycles. The Labute approximate surface area is 178 Å². The summed E-state index contributed by atoms with van der Waals surface area (Å²) < 4.78 is 8.50. The summed E-state index contributed by atoms with van der Waals surface area (Å²) in [6, 6.07) is 17.3. The van der Waals surface area contributed by atoms with E-state index in [-0.39, 0.29) is 0 Å². The number of aromatic nitrogens is 3. The van der Waals surface area contributed by atoms with Crippen molar-refractivity contribution < 1.29 is 4.42 Å². The molecule has 0 unspecified atom stereocenters. The molecule has 0 spiro atoms. The summed E-state index contributed by atoms with van der Waals surface area (Å²) in [7, 11) is 0. The number of nitrogens with zero attached hydrogens (tertiary/aromatic N) is 3. The van der Waals surface area contributed by atoms with Gasteiger partial charge >= 0.3 is 0 Å². The second kappa shape index (κ2) is 8.10. The van der Waals surface area contributed by atoms with E-state index >= 15 is 0 Å². The molecule has 2 aromatic heterocycles. The molecule has 8 heteroatoms. The highest BCUT2D eigenvalue weighted by Gasteiger charge is 2.18. The van der Waals surface area contributed by atoms with Gasteiger partial charge in [-0.3, -0.25) is 4.57 Å². The molecule has 0 aliphatic heterocycles. The van der Waals surface area contributed by atoms with Gasteiger partial charge in [0.05, 0.1) is 22.0 Å². The summed E-state index contributed by atoms with van der Waals surface area (Å²) in [5.41, 5.74) is 2.01. The summed E-state index contributed by atoms with van der Waals surface area (Å²) in [6.45, 7) is 0. The molecule has 0 amide bonds. The first kappa shape index (κ1) is 18.6. The van der Waals surface area contributed by atoms with Crippen LogP contribution >= 0.6 is 50.9 Å². The Morgan fingerprint density at radius 2 is 1.81 bits per heavy atom. The van der Waals surface area contributed by atoms with E-state index in [1.807, 2.05) is 34.9 Å². The van der Waals surface area contributed by atoms with Crippen LogP contribution < -0.4 is 0 Å². The van der Waals surface area contributed by atoms with Crippen LogP contribution in [0, 0.1) is 0 Å². The lowest BCUT2D eigenvalue weighted by atomic mass is 10.2. The Morgan fingerprint density at radius 3 is 2.52 bits per heavy atom. The Morgan fingerprint density at radius 1 is 1.00 bits per heavy atom. The highest BCUT2D eigenvalue weighted by atomic mass is 79.9. The quantitative estimate of drug-likeness (QED) is 0.292. The Kier molecular flexibility index (Phi) is 5.59. The van der Waals surface area contributed by atoms with Gasteiger partial charge in [-0.25, -0.2) is 0 Å². The van der Waals surface area contributed by atoms with E-state index in [9.17, 15) is 0 Å². The number of rotatable bonds is 5. The number of hydrogen-bond donors (Lipinski definition) is 0. The van der Waals surface area contributed by atoms with Gasteiger partial charge < -0.3 is 4.42 Å². The minimum Gasteiger partial charge on any atom is -0.461 e. The molecule has 2 heterocycles. The Bertz CT molecular complexity index is 1070. The number of hydrogen-bond acceptors (Lipinski definition) is 4. The summed E-state index contributed by atoms with van der Waals surface area (Å²) in [4.78, 5) is 0. The van der Waals surface area contributed by atoms with Gasteiger partial charge in [0.2, 0.25) is 5.82 Å². The van der Waals surface area contributed by atoms with Gasteiger partial charge in [-0.1, -0.05) is 63.0 Å². The van der Waals surface area contributed by atoms with Gasteiger partial charge in [0.25, 0.3) is 0 Å². The molecule has 4 aromatic rings. The molecule has 0 atom stereocenters. The first-order chi connectivity index (χ1) is 13.1. The smallest absolute Gasteiger partial charge is 0.205 e. The van der Waals surface area contributed by atoms with Gasteiger partial charge in [-0.15, -0.1) is 10.2 Å². The molecule has 0 aliphatic rings. The van der Waals surface area contributed by atoms with Gasteiger partial charge in [-0.05, 0) is 48.0 Å². The van der Waals surface area contributed by atoms with Crippen LogP contribution in [0.25, 0.3) is 17.3 Å². The van der Waals surface area contributed by atoms with Gasteiger partial charge in [-0.2, -0.15) is 0 Å². The molecule has 4 rings (SSSR count). The zero-order chi connectivity index (χ0) is 18.8. The summed E-state index contributed by atoms with van der Waals surface area (Å²) in [6.07, 6.45) is 1.61. The third kappa shape index (κ3) is 4.09. The lowest BCUT2D eigenvalue weighted by molar-refractivity contribution is 0.575. The fourth-order valence-electron chi connectivity index (χ4n) is 2.51. The molecular weight excluding hydrogens is 469 g/mol. The lowest BCUT2D eigenvalue weighted by Gasteiger charge is -2.10. The van der Waals surface area contributed by atoms with E-state index in [1.165, 1.54) is 5.56 Å². The van der Waals surface area contributed by atoms with Crippen molar-refractivity contribution in [3.05, 3.63) is 80.9 Å². The standard InChI is InChI=1S/C19H12BrCl2N3OS/c20-13-5-3-12(4-6-13)11-27-19-24-23-18(17-2-1-9-26-17)25(19)14-7-8-15(21)16(22)10-14/h1-10H,11H2. The fourth-order valence-corrected chi connectivity index (χ4v) is 3.98. The second-order valence-corrected chi connectivity index (χ2v) is 8.31. The summed E-state index contributed by atoms with van der Waals surface area (Å²) in [5, 5.41) is 10.4. The molecular formula is C19H12BrCl2N3OS. The van der Waals surface area contributed by atoms with Crippen LogP contribution in [-0.4, -0.2) is 14.8 Å². The van der Waals surface area contributed by atoms with Crippen LogP contribution in [0.2, 0.25) is 10.0 Å². The summed E-state index contributed by atoms with van der Waals surface area (Å²) >= 11 is 17.3. The van der Waals surface area contributed by atoms with Gasteiger partial charge in [0, 0.05) is 10.2 Å². The molecule has 2 aromatic carbocycles. The number of furan rings is 1. The molecule has 0 fully saturated rings. The first-order valence-corrected chi connectivity index (χ1v) is 10.5. The van der Waals surface area contributed by atoms with Gasteiger partial charge in [0.15, 0.2) is 10.9 Å². The highest BCUT2D eigenvalue weighted by Crippen LogP contribution is 2.32. The molecule has 0 radical (unpaired) electrons. The lowest BCUT2D eigenvalue weighted by Crippen LogP contribution is -1.99. The van der Waals surface area contributed by atoms with Crippen molar-refractivity contribution in [1.82, 2.24) is 14.8 Å². The van der Waals surface area contributed by atoms with Crippen LogP contribution in [-0.2, 0) is 5.75 Å². The molecule has 0 bridgehead atoms. The van der Waals surface area contributed by atoms with Crippen molar-refractivity contribution >= 4 is 50.9 Å². The SMILES string of the molecule is Clc1ccc(-n2c(SCc3ccc(Br)cc3)nnc2-c2ccco2)cc1Cl. The molecule has 0 aliphatic carbocycles. The van der Waals surface area contributed by atoms with E-state index in [0.29, 0.717) is 21.6 Å². The monoisotopic (exact) mass is 479 g/mol. The van der Waals surface area contributed by atoms with Crippen molar-refractivity contribution in [3.63, 3.8) is 0 Å². The third-order valence-electron chi connectivity index (χ3n) is 3.82. The second-order valence-electron chi connectivity index (χ2n) is 5.63. The van der Waals surface area contributed by atoms with Crippen LogP contribution in [0.1, 0.15) is 5.56 Å². The van der Waals surface area contributed by atoms with Crippen LogP contribution in [0.4, 0.5) is 0 Å². The van der Waals surface area contributed by atoms with E-state index in [4.69, 9.17) is 27.6 Å². The molecule has 0 N–H and O–H groups in total. The average molecular weight is 481 g/mol. The minimum atomic E-state index is 0.470. The molecule has 0 saturated heterocycles. The summed E-state index contributed by atoms with van der Waals surface area (Å²) in [5.74, 6) is 1.99. The number of benzene rings is 2. The maximum absolute atomic E-state index is 6.23. The van der Waals surface area contributed by atoms with Crippen molar-refractivity contribution in [2.75, 3.05) is 0 Å². The van der Waals surface area contributed by atoms with Crippen molar-refractivity contribution in [2.24, 2.45) is 0 Å².